The van der Waals surface area contributed by atoms with Crippen LogP contribution in [0.3, 0.4) is 0 Å². The Kier molecular flexibility index (Phi) is 5.15. The number of aromatic nitrogens is 3. The summed E-state index contributed by atoms with van der Waals surface area (Å²) in [5, 5.41) is 6.99. The summed E-state index contributed by atoms with van der Waals surface area (Å²) < 4.78 is 5.13. The first-order chi connectivity index (χ1) is 12.1. The van der Waals surface area contributed by atoms with Gasteiger partial charge in [-0.25, -0.2) is 0 Å². The number of benzene rings is 2. The molecule has 0 bridgehead atoms. The van der Waals surface area contributed by atoms with Crippen LogP contribution in [0.4, 0.5) is 23.3 Å². The maximum absolute atomic E-state index is 5.87. The fourth-order valence-electron chi connectivity index (χ4n) is 2.13. The maximum Gasteiger partial charge on any atom is 0.232 e. The Balaban J connectivity index is 1.69. The van der Waals surface area contributed by atoms with Crippen molar-refractivity contribution >= 4 is 34.9 Å². The minimum absolute atomic E-state index is 0.152. The number of nitrogens with one attached hydrogen (secondary N) is 2. The van der Waals surface area contributed by atoms with Crippen molar-refractivity contribution in [2.75, 3.05) is 23.5 Å². The Morgan fingerprint density at radius 1 is 0.960 bits per heavy atom. The van der Waals surface area contributed by atoms with Crippen molar-refractivity contribution in [3.05, 3.63) is 59.4 Å². The Hall–Kier alpha value is -3.06. The molecule has 0 saturated carbocycles. The van der Waals surface area contributed by atoms with E-state index in [2.05, 4.69) is 25.6 Å². The molecule has 0 aliphatic rings. The highest BCUT2D eigenvalue weighted by Crippen LogP contribution is 2.18. The Bertz CT molecular complexity index is 839. The van der Waals surface area contributed by atoms with E-state index in [1.54, 1.807) is 7.11 Å². The lowest BCUT2D eigenvalue weighted by Gasteiger charge is -2.09. The molecule has 0 aliphatic heterocycles. The molecule has 0 amide bonds. The normalized spacial score (nSPS) is 10.3. The summed E-state index contributed by atoms with van der Waals surface area (Å²) in [6.45, 7) is 0.408. The largest absolute Gasteiger partial charge is 0.497 e. The van der Waals surface area contributed by atoms with Crippen LogP contribution in [0.1, 0.15) is 5.82 Å². The topological polar surface area (TPSA) is 98.0 Å². The van der Waals surface area contributed by atoms with E-state index >= 15 is 0 Å². The molecule has 25 heavy (non-hydrogen) atoms. The van der Waals surface area contributed by atoms with E-state index in [9.17, 15) is 0 Å². The van der Waals surface area contributed by atoms with E-state index in [-0.39, 0.29) is 5.95 Å². The number of anilines is 4. The number of hydrogen-bond acceptors (Lipinski definition) is 7. The molecule has 0 fully saturated rings. The quantitative estimate of drug-likeness (QED) is 0.622. The number of hydrogen-bond donors (Lipinski definition) is 3. The van der Waals surface area contributed by atoms with Crippen molar-refractivity contribution in [3.8, 4) is 5.75 Å². The Labute approximate surface area is 150 Å². The highest BCUT2D eigenvalue weighted by atomic mass is 35.5. The number of halogens is 1. The molecular weight excluding hydrogens is 340 g/mol. The standard InChI is InChI=1S/C17H17ClN6O/c1-25-14-8-6-13(7-9-14)21-17-23-15(22-16(19)24-17)10-20-12-4-2-11(18)3-5-12/h2-9,20H,10H2,1H3,(H3,19,21,22,23,24). The third kappa shape index (κ3) is 4.71. The van der Waals surface area contributed by atoms with Gasteiger partial charge in [-0.3, -0.25) is 0 Å². The third-order valence-corrected chi connectivity index (χ3v) is 3.59. The summed E-state index contributed by atoms with van der Waals surface area (Å²) in [5.41, 5.74) is 7.51. The number of ether oxygens (including phenoxy) is 1. The van der Waals surface area contributed by atoms with E-state index in [1.807, 2.05) is 48.5 Å². The van der Waals surface area contributed by atoms with Gasteiger partial charge >= 0.3 is 0 Å². The fraction of sp³-hybridized carbons (Fsp3) is 0.118. The summed E-state index contributed by atoms with van der Waals surface area (Å²) in [7, 11) is 1.62. The van der Waals surface area contributed by atoms with Crippen LogP contribution in [0.5, 0.6) is 5.75 Å². The fourth-order valence-corrected chi connectivity index (χ4v) is 2.25. The molecule has 2 aromatic carbocycles. The van der Waals surface area contributed by atoms with Crippen LogP contribution in [-0.4, -0.2) is 22.1 Å². The van der Waals surface area contributed by atoms with E-state index in [0.717, 1.165) is 17.1 Å². The van der Waals surface area contributed by atoms with Gasteiger partial charge < -0.3 is 21.1 Å². The first-order valence-corrected chi connectivity index (χ1v) is 7.91. The summed E-state index contributed by atoms with van der Waals surface area (Å²) >= 11 is 5.87. The van der Waals surface area contributed by atoms with E-state index in [4.69, 9.17) is 22.1 Å². The number of methoxy groups -OCH3 is 1. The van der Waals surface area contributed by atoms with Gasteiger partial charge in [-0.2, -0.15) is 15.0 Å². The van der Waals surface area contributed by atoms with Gasteiger partial charge in [-0.15, -0.1) is 0 Å². The molecule has 1 heterocycles. The predicted molar refractivity (Wildman–Crippen MR) is 99.3 cm³/mol. The van der Waals surface area contributed by atoms with Crippen molar-refractivity contribution in [1.82, 2.24) is 15.0 Å². The SMILES string of the molecule is COc1ccc(Nc2nc(N)nc(CNc3ccc(Cl)cc3)n2)cc1. The zero-order chi connectivity index (χ0) is 17.6. The van der Waals surface area contributed by atoms with Crippen molar-refractivity contribution in [1.29, 1.82) is 0 Å². The number of nitrogens with zero attached hydrogens (tertiary/aromatic N) is 3. The molecule has 0 unspecified atom stereocenters. The minimum Gasteiger partial charge on any atom is -0.497 e. The lowest BCUT2D eigenvalue weighted by atomic mass is 10.3. The van der Waals surface area contributed by atoms with E-state index < -0.39 is 0 Å². The van der Waals surface area contributed by atoms with Crippen LogP contribution in [-0.2, 0) is 6.54 Å². The molecule has 0 aliphatic carbocycles. The van der Waals surface area contributed by atoms with Crippen molar-refractivity contribution in [2.45, 2.75) is 6.54 Å². The average molecular weight is 357 g/mol. The number of nitrogens with two attached hydrogens (primary N) is 1. The molecule has 0 radical (unpaired) electrons. The second-order valence-electron chi connectivity index (χ2n) is 5.15. The summed E-state index contributed by atoms with van der Waals surface area (Å²) in [4.78, 5) is 12.6. The molecule has 0 atom stereocenters. The van der Waals surface area contributed by atoms with Crippen LogP contribution in [0, 0.1) is 0 Å². The number of nitrogen functional groups attached to an aromatic ring is 1. The van der Waals surface area contributed by atoms with Gasteiger partial charge in [0.2, 0.25) is 11.9 Å². The minimum atomic E-state index is 0.152. The van der Waals surface area contributed by atoms with Gasteiger partial charge in [0, 0.05) is 16.4 Å². The smallest absolute Gasteiger partial charge is 0.232 e. The highest BCUT2D eigenvalue weighted by molar-refractivity contribution is 6.30. The van der Waals surface area contributed by atoms with E-state index in [1.165, 1.54) is 0 Å². The van der Waals surface area contributed by atoms with Crippen LogP contribution in [0.15, 0.2) is 48.5 Å². The van der Waals surface area contributed by atoms with Gasteiger partial charge in [0.15, 0.2) is 5.82 Å². The van der Waals surface area contributed by atoms with Gasteiger partial charge in [0.05, 0.1) is 13.7 Å². The van der Waals surface area contributed by atoms with Gasteiger partial charge in [-0.05, 0) is 48.5 Å². The molecule has 128 valence electrons. The first kappa shape index (κ1) is 16.8. The second-order valence-corrected chi connectivity index (χ2v) is 5.58. The van der Waals surface area contributed by atoms with Crippen LogP contribution in [0.2, 0.25) is 5.02 Å². The Morgan fingerprint density at radius 3 is 2.32 bits per heavy atom. The third-order valence-electron chi connectivity index (χ3n) is 3.34. The first-order valence-electron chi connectivity index (χ1n) is 7.53. The zero-order valence-corrected chi connectivity index (χ0v) is 14.3. The van der Waals surface area contributed by atoms with Gasteiger partial charge in [0.1, 0.15) is 5.75 Å². The molecule has 1 aromatic heterocycles. The van der Waals surface area contributed by atoms with Crippen molar-refractivity contribution < 1.29 is 4.74 Å². The summed E-state index contributed by atoms with van der Waals surface area (Å²) in [5.74, 6) is 1.83. The molecule has 0 spiro atoms. The lowest BCUT2D eigenvalue weighted by molar-refractivity contribution is 0.415. The summed E-state index contributed by atoms with van der Waals surface area (Å²) in [6, 6.07) is 14.8. The van der Waals surface area contributed by atoms with Crippen LogP contribution in [0.25, 0.3) is 0 Å². The lowest BCUT2D eigenvalue weighted by Crippen LogP contribution is -2.10. The molecule has 0 saturated heterocycles. The molecule has 8 heteroatoms. The number of rotatable bonds is 6. The molecule has 3 rings (SSSR count). The van der Waals surface area contributed by atoms with Crippen LogP contribution < -0.4 is 21.1 Å². The van der Waals surface area contributed by atoms with Gasteiger partial charge in [-0.1, -0.05) is 11.6 Å². The molecule has 7 nitrogen and oxygen atoms in total. The zero-order valence-electron chi connectivity index (χ0n) is 13.5. The van der Waals surface area contributed by atoms with Gasteiger partial charge in [0.25, 0.3) is 0 Å². The Morgan fingerprint density at radius 2 is 1.64 bits per heavy atom. The molecular formula is C17H17ClN6O. The molecule has 4 N–H and O–H groups in total. The predicted octanol–water partition coefficient (Wildman–Crippen LogP) is 3.47. The average Bonchev–Trinajstić information content (AvgIpc) is 2.61. The van der Waals surface area contributed by atoms with Crippen molar-refractivity contribution in [3.63, 3.8) is 0 Å². The monoisotopic (exact) mass is 356 g/mol. The van der Waals surface area contributed by atoms with E-state index in [0.29, 0.717) is 23.3 Å². The highest BCUT2D eigenvalue weighted by Gasteiger charge is 2.05. The molecule has 3 aromatic rings. The van der Waals surface area contributed by atoms with Crippen molar-refractivity contribution in [2.24, 2.45) is 0 Å². The second kappa shape index (κ2) is 7.67. The summed E-state index contributed by atoms with van der Waals surface area (Å²) in [6.07, 6.45) is 0. The van der Waals surface area contributed by atoms with Crippen LogP contribution >= 0.6 is 11.6 Å². The maximum atomic E-state index is 5.87.